The smallest absolute Gasteiger partial charge is 0.339 e. The van der Waals surface area contributed by atoms with Gasteiger partial charge in [0.2, 0.25) is 11.8 Å². The number of amides is 2. The van der Waals surface area contributed by atoms with Gasteiger partial charge in [0.15, 0.2) is 0 Å². The van der Waals surface area contributed by atoms with Crippen LogP contribution in [0.25, 0.3) is 0 Å². The van der Waals surface area contributed by atoms with E-state index < -0.39 is 17.6 Å². The summed E-state index contributed by atoms with van der Waals surface area (Å²) in [6, 6.07) is 4.33. The molecule has 1 aliphatic heterocycles. The molecule has 1 heterocycles. The van der Waals surface area contributed by atoms with E-state index in [1.54, 1.807) is 4.90 Å². The molecule has 0 aliphatic carbocycles. The van der Waals surface area contributed by atoms with Gasteiger partial charge in [0, 0.05) is 18.3 Å². The number of rotatable bonds is 4. The zero-order chi connectivity index (χ0) is 17.7. The molecule has 4 nitrogen and oxygen atoms in total. The zero-order valence-electron chi connectivity index (χ0n) is 13.5. The molecule has 2 rings (SSSR count). The van der Waals surface area contributed by atoms with Crippen LogP contribution in [0, 0.1) is 0 Å². The maximum Gasteiger partial charge on any atom is 0.416 e. The van der Waals surface area contributed by atoms with Gasteiger partial charge in [-0.3, -0.25) is 9.59 Å². The molecule has 7 heteroatoms. The van der Waals surface area contributed by atoms with Crippen LogP contribution in [0.5, 0.6) is 0 Å². The highest BCUT2D eigenvalue weighted by atomic mass is 19.4. The van der Waals surface area contributed by atoms with Crippen LogP contribution in [0.4, 0.5) is 18.9 Å². The number of piperidine rings is 1. The standard InChI is InChI=1S/C17H21F3N2O2/c1-2-14-5-3-4-10-22(14)16(24)11-15(23)21-13-8-6-12(7-9-13)17(18,19)20/h6-9,14H,2-5,10-11H2,1H3,(H,21,23). The lowest BCUT2D eigenvalue weighted by atomic mass is 9.99. The van der Waals surface area contributed by atoms with Gasteiger partial charge in [-0.2, -0.15) is 13.2 Å². The molecule has 1 aromatic rings. The van der Waals surface area contributed by atoms with Crippen LogP contribution in [-0.2, 0) is 15.8 Å². The number of carbonyl (C=O) groups is 2. The Labute approximate surface area is 139 Å². The summed E-state index contributed by atoms with van der Waals surface area (Å²) in [6.45, 7) is 2.67. The first kappa shape index (κ1) is 18.3. The number of halogens is 3. The summed E-state index contributed by atoms with van der Waals surface area (Å²) < 4.78 is 37.5. The Bertz CT molecular complexity index is 584. The third-order valence-corrected chi connectivity index (χ3v) is 4.23. The molecule has 24 heavy (non-hydrogen) atoms. The second-order valence-electron chi connectivity index (χ2n) is 5.95. The molecule has 1 aliphatic rings. The Morgan fingerprint density at radius 2 is 1.88 bits per heavy atom. The first-order chi connectivity index (χ1) is 11.3. The summed E-state index contributed by atoms with van der Waals surface area (Å²) >= 11 is 0. The van der Waals surface area contributed by atoms with Gasteiger partial charge in [0.05, 0.1) is 5.56 Å². The maximum absolute atomic E-state index is 12.5. The highest BCUT2D eigenvalue weighted by Crippen LogP contribution is 2.29. The van der Waals surface area contributed by atoms with Gasteiger partial charge in [-0.1, -0.05) is 6.92 Å². The van der Waals surface area contributed by atoms with Gasteiger partial charge in [-0.15, -0.1) is 0 Å². The summed E-state index contributed by atoms with van der Waals surface area (Å²) in [6.07, 6.45) is -0.892. The molecule has 2 amide bonds. The van der Waals surface area contributed by atoms with Crippen LogP contribution in [-0.4, -0.2) is 29.3 Å². The van der Waals surface area contributed by atoms with Crippen LogP contribution >= 0.6 is 0 Å². The summed E-state index contributed by atoms with van der Waals surface area (Å²) in [4.78, 5) is 26.0. The first-order valence-electron chi connectivity index (χ1n) is 8.08. The molecular formula is C17H21F3N2O2. The molecule has 1 unspecified atom stereocenters. The van der Waals surface area contributed by atoms with Crippen LogP contribution in [0.2, 0.25) is 0 Å². The van der Waals surface area contributed by atoms with Crippen molar-refractivity contribution in [3.8, 4) is 0 Å². The fourth-order valence-electron chi connectivity index (χ4n) is 2.94. The number of anilines is 1. The predicted octanol–water partition coefficient (Wildman–Crippen LogP) is 3.83. The summed E-state index contributed by atoms with van der Waals surface area (Å²) in [5, 5.41) is 2.47. The second kappa shape index (κ2) is 7.68. The van der Waals surface area contributed by atoms with Crippen molar-refractivity contribution >= 4 is 17.5 Å². The number of hydrogen-bond acceptors (Lipinski definition) is 2. The van der Waals surface area contributed by atoms with Gasteiger partial charge < -0.3 is 10.2 Å². The van der Waals surface area contributed by atoms with Crippen molar-refractivity contribution in [2.75, 3.05) is 11.9 Å². The lowest BCUT2D eigenvalue weighted by Crippen LogP contribution is -2.44. The number of benzene rings is 1. The predicted molar refractivity (Wildman–Crippen MR) is 84.3 cm³/mol. The highest BCUT2D eigenvalue weighted by Gasteiger charge is 2.30. The normalized spacial score (nSPS) is 18.3. The molecule has 0 spiro atoms. The van der Waals surface area contributed by atoms with E-state index in [4.69, 9.17) is 0 Å². The van der Waals surface area contributed by atoms with E-state index in [0.717, 1.165) is 37.8 Å². The number of nitrogens with zero attached hydrogens (tertiary/aromatic N) is 1. The third kappa shape index (κ3) is 4.72. The van der Waals surface area contributed by atoms with Crippen LogP contribution in [0.1, 0.15) is 44.6 Å². The average molecular weight is 342 g/mol. The Morgan fingerprint density at radius 1 is 1.21 bits per heavy atom. The van der Waals surface area contributed by atoms with E-state index in [-0.39, 0.29) is 24.1 Å². The van der Waals surface area contributed by atoms with Crippen molar-refractivity contribution in [1.82, 2.24) is 4.90 Å². The molecule has 1 aromatic carbocycles. The van der Waals surface area contributed by atoms with Crippen molar-refractivity contribution < 1.29 is 22.8 Å². The number of alkyl halides is 3. The fourth-order valence-corrected chi connectivity index (χ4v) is 2.94. The molecule has 0 bridgehead atoms. The lowest BCUT2D eigenvalue weighted by Gasteiger charge is -2.35. The molecule has 1 N–H and O–H groups in total. The summed E-state index contributed by atoms with van der Waals surface area (Å²) in [5.41, 5.74) is -0.540. The number of nitrogens with one attached hydrogen (secondary N) is 1. The van der Waals surface area contributed by atoms with Crippen LogP contribution in [0.3, 0.4) is 0 Å². The van der Waals surface area contributed by atoms with Crippen molar-refractivity contribution in [3.05, 3.63) is 29.8 Å². The molecule has 1 fully saturated rings. The van der Waals surface area contributed by atoms with E-state index in [0.29, 0.717) is 6.54 Å². The van der Waals surface area contributed by atoms with Crippen LogP contribution < -0.4 is 5.32 Å². The van der Waals surface area contributed by atoms with E-state index in [9.17, 15) is 22.8 Å². The molecule has 132 valence electrons. The second-order valence-corrected chi connectivity index (χ2v) is 5.95. The summed E-state index contributed by atoms with van der Waals surface area (Å²) in [5.74, 6) is -0.744. The lowest BCUT2D eigenvalue weighted by molar-refractivity contribution is -0.138. The number of likely N-dealkylation sites (tertiary alicyclic amines) is 1. The minimum absolute atomic E-state index is 0.171. The fraction of sp³-hybridized carbons (Fsp3) is 0.529. The van der Waals surface area contributed by atoms with Crippen LogP contribution in [0.15, 0.2) is 24.3 Å². The average Bonchev–Trinajstić information content (AvgIpc) is 2.54. The van der Waals surface area contributed by atoms with Gasteiger partial charge in [-0.05, 0) is 49.9 Å². The minimum atomic E-state index is -4.41. The van der Waals surface area contributed by atoms with Gasteiger partial charge in [0.25, 0.3) is 0 Å². The summed E-state index contributed by atoms with van der Waals surface area (Å²) in [7, 11) is 0. The van der Waals surface area contributed by atoms with Gasteiger partial charge in [-0.25, -0.2) is 0 Å². The minimum Gasteiger partial charge on any atom is -0.339 e. The quantitative estimate of drug-likeness (QED) is 0.846. The van der Waals surface area contributed by atoms with Gasteiger partial charge in [0.1, 0.15) is 6.42 Å². The molecule has 1 saturated heterocycles. The molecule has 0 aromatic heterocycles. The number of carbonyl (C=O) groups excluding carboxylic acids is 2. The Balaban J connectivity index is 1.91. The topological polar surface area (TPSA) is 49.4 Å². The largest absolute Gasteiger partial charge is 0.416 e. The third-order valence-electron chi connectivity index (χ3n) is 4.23. The molecule has 0 saturated carbocycles. The van der Waals surface area contributed by atoms with E-state index >= 15 is 0 Å². The van der Waals surface area contributed by atoms with E-state index in [1.165, 1.54) is 12.1 Å². The Hall–Kier alpha value is -2.05. The molecular weight excluding hydrogens is 321 g/mol. The maximum atomic E-state index is 12.5. The van der Waals surface area contributed by atoms with Crippen molar-refractivity contribution in [2.45, 2.75) is 51.2 Å². The Morgan fingerprint density at radius 3 is 2.46 bits per heavy atom. The monoisotopic (exact) mass is 342 g/mol. The van der Waals surface area contributed by atoms with E-state index in [1.807, 2.05) is 6.92 Å². The van der Waals surface area contributed by atoms with Gasteiger partial charge >= 0.3 is 6.18 Å². The number of hydrogen-bond donors (Lipinski definition) is 1. The Kier molecular flexibility index (Phi) is 5.85. The first-order valence-corrected chi connectivity index (χ1v) is 8.08. The van der Waals surface area contributed by atoms with Crippen molar-refractivity contribution in [2.24, 2.45) is 0 Å². The van der Waals surface area contributed by atoms with Crippen molar-refractivity contribution in [1.29, 1.82) is 0 Å². The molecule has 1 atom stereocenters. The van der Waals surface area contributed by atoms with E-state index in [2.05, 4.69) is 5.32 Å². The molecule has 0 radical (unpaired) electrons. The highest BCUT2D eigenvalue weighted by molar-refractivity contribution is 6.03. The van der Waals surface area contributed by atoms with Crippen molar-refractivity contribution in [3.63, 3.8) is 0 Å². The SMILES string of the molecule is CCC1CCCCN1C(=O)CC(=O)Nc1ccc(C(F)(F)F)cc1. The zero-order valence-corrected chi connectivity index (χ0v) is 13.5.